The third kappa shape index (κ3) is 2.21. The van der Waals surface area contributed by atoms with Gasteiger partial charge in [0.25, 0.3) is 0 Å². The maximum Gasteiger partial charge on any atom is 0.115 e. The van der Waals surface area contributed by atoms with E-state index in [0.717, 1.165) is 29.4 Å². The molecule has 0 aliphatic heterocycles. The summed E-state index contributed by atoms with van der Waals surface area (Å²) in [6.07, 6.45) is 3.94. The number of nitrogens with zero attached hydrogens (tertiary/aromatic N) is 1. The Balaban J connectivity index is 1.64. The average Bonchev–Trinajstić information content (AvgIpc) is 2.89. The summed E-state index contributed by atoms with van der Waals surface area (Å²) in [6.45, 7) is 0. The lowest BCUT2D eigenvalue weighted by molar-refractivity contribution is 0.474. The minimum atomic E-state index is 0.295. The predicted octanol–water partition coefficient (Wildman–Crippen LogP) is 4.04. The van der Waals surface area contributed by atoms with Crippen molar-refractivity contribution in [3.05, 3.63) is 65.9 Å². The van der Waals surface area contributed by atoms with Crippen LogP contribution in [0.15, 0.2) is 54.7 Å². The van der Waals surface area contributed by atoms with Gasteiger partial charge >= 0.3 is 0 Å². The number of phenols is 1. The number of aromatic hydroxyl groups is 1. The Kier molecular flexibility index (Phi) is 2.78. The van der Waals surface area contributed by atoms with E-state index >= 15 is 0 Å². The molecule has 4 rings (SSSR count). The lowest BCUT2D eigenvalue weighted by Crippen LogP contribution is -2.07. The lowest BCUT2D eigenvalue weighted by atomic mass is 10.1. The molecular formula is C18H16N2O. The van der Waals surface area contributed by atoms with Crippen molar-refractivity contribution in [1.29, 1.82) is 0 Å². The van der Waals surface area contributed by atoms with Gasteiger partial charge < -0.3 is 10.4 Å². The second-order valence-electron chi connectivity index (χ2n) is 5.54. The standard InChI is InChI=1S/C18H16N2O/c21-15-6-7-16-12(10-15)5-8-18(16)20-14-9-13-3-1-2-4-17(13)19-11-14/h1-4,6-7,9-11,18,20-21H,5,8H2. The van der Waals surface area contributed by atoms with E-state index < -0.39 is 0 Å². The molecule has 1 atom stereocenters. The first-order valence-electron chi connectivity index (χ1n) is 7.23. The van der Waals surface area contributed by atoms with Gasteiger partial charge in [0, 0.05) is 5.39 Å². The summed E-state index contributed by atoms with van der Waals surface area (Å²) in [5, 5.41) is 14.3. The molecule has 0 saturated heterocycles. The summed E-state index contributed by atoms with van der Waals surface area (Å²) in [6, 6.07) is 16.2. The molecule has 2 aromatic carbocycles. The fraction of sp³-hybridized carbons (Fsp3) is 0.167. The topological polar surface area (TPSA) is 45.1 Å². The van der Waals surface area contributed by atoms with E-state index in [2.05, 4.69) is 22.4 Å². The van der Waals surface area contributed by atoms with Gasteiger partial charge in [0.1, 0.15) is 5.75 Å². The van der Waals surface area contributed by atoms with Crippen molar-refractivity contribution in [2.45, 2.75) is 18.9 Å². The van der Waals surface area contributed by atoms with Crippen molar-refractivity contribution in [3.63, 3.8) is 0 Å². The number of hydrogen-bond acceptors (Lipinski definition) is 3. The number of benzene rings is 2. The number of pyridine rings is 1. The second kappa shape index (κ2) is 4.77. The van der Waals surface area contributed by atoms with Crippen LogP contribution in [-0.4, -0.2) is 10.1 Å². The number of nitrogens with one attached hydrogen (secondary N) is 1. The molecule has 1 unspecified atom stereocenters. The van der Waals surface area contributed by atoms with Crippen molar-refractivity contribution < 1.29 is 5.11 Å². The number of rotatable bonds is 2. The lowest BCUT2D eigenvalue weighted by Gasteiger charge is -2.15. The fourth-order valence-electron chi connectivity index (χ4n) is 3.11. The highest BCUT2D eigenvalue weighted by atomic mass is 16.3. The van der Waals surface area contributed by atoms with Crippen LogP contribution in [0.1, 0.15) is 23.6 Å². The predicted molar refractivity (Wildman–Crippen MR) is 84.5 cm³/mol. The molecule has 0 spiro atoms. The largest absolute Gasteiger partial charge is 0.508 e. The van der Waals surface area contributed by atoms with Gasteiger partial charge in [-0.15, -0.1) is 0 Å². The third-order valence-electron chi connectivity index (χ3n) is 4.14. The van der Waals surface area contributed by atoms with E-state index in [1.54, 1.807) is 6.07 Å². The average molecular weight is 276 g/mol. The summed E-state index contributed by atoms with van der Waals surface area (Å²) >= 11 is 0. The van der Waals surface area contributed by atoms with Crippen molar-refractivity contribution in [3.8, 4) is 5.75 Å². The first-order chi connectivity index (χ1) is 10.3. The number of anilines is 1. The quantitative estimate of drug-likeness (QED) is 0.742. The molecule has 21 heavy (non-hydrogen) atoms. The third-order valence-corrected chi connectivity index (χ3v) is 4.14. The van der Waals surface area contributed by atoms with Crippen LogP contribution >= 0.6 is 0 Å². The molecule has 0 radical (unpaired) electrons. The Morgan fingerprint density at radius 3 is 2.95 bits per heavy atom. The van der Waals surface area contributed by atoms with E-state index in [1.807, 2.05) is 36.5 Å². The van der Waals surface area contributed by atoms with Gasteiger partial charge in [-0.05, 0) is 48.2 Å². The molecule has 3 heteroatoms. The van der Waals surface area contributed by atoms with Crippen molar-refractivity contribution in [1.82, 2.24) is 4.98 Å². The Hall–Kier alpha value is -2.55. The smallest absolute Gasteiger partial charge is 0.115 e. The monoisotopic (exact) mass is 276 g/mol. The zero-order chi connectivity index (χ0) is 14.2. The molecule has 3 aromatic rings. The van der Waals surface area contributed by atoms with Crippen LogP contribution in [0.4, 0.5) is 5.69 Å². The highest BCUT2D eigenvalue weighted by molar-refractivity contribution is 5.81. The van der Waals surface area contributed by atoms with Crippen LogP contribution in [0.2, 0.25) is 0 Å². The molecule has 104 valence electrons. The summed E-state index contributed by atoms with van der Waals surface area (Å²) < 4.78 is 0. The zero-order valence-electron chi connectivity index (χ0n) is 11.6. The highest BCUT2D eigenvalue weighted by Crippen LogP contribution is 2.35. The zero-order valence-corrected chi connectivity index (χ0v) is 11.6. The van der Waals surface area contributed by atoms with E-state index in [1.165, 1.54) is 11.1 Å². The van der Waals surface area contributed by atoms with Gasteiger partial charge in [0.15, 0.2) is 0 Å². The van der Waals surface area contributed by atoms with Crippen LogP contribution in [0, 0.1) is 0 Å². The van der Waals surface area contributed by atoms with Crippen molar-refractivity contribution in [2.75, 3.05) is 5.32 Å². The molecule has 0 saturated carbocycles. The van der Waals surface area contributed by atoms with Crippen molar-refractivity contribution >= 4 is 16.6 Å². The van der Waals surface area contributed by atoms with Crippen LogP contribution in [0.3, 0.4) is 0 Å². The van der Waals surface area contributed by atoms with E-state index in [4.69, 9.17) is 0 Å². The number of para-hydroxylation sites is 1. The molecule has 0 fully saturated rings. The maximum absolute atomic E-state index is 9.56. The fourth-order valence-corrected chi connectivity index (χ4v) is 3.11. The van der Waals surface area contributed by atoms with Crippen molar-refractivity contribution in [2.24, 2.45) is 0 Å². The molecule has 0 bridgehead atoms. The van der Waals surface area contributed by atoms with Crippen LogP contribution < -0.4 is 5.32 Å². The molecule has 3 nitrogen and oxygen atoms in total. The normalized spacial score (nSPS) is 16.9. The SMILES string of the molecule is Oc1ccc2c(c1)CCC2Nc1cnc2ccccc2c1. The van der Waals surface area contributed by atoms with Gasteiger partial charge in [-0.25, -0.2) is 0 Å². The summed E-state index contributed by atoms with van der Waals surface area (Å²) in [5.41, 5.74) is 4.57. The van der Waals surface area contributed by atoms with Gasteiger partial charge in [0.05, 0.1) is 23.4 Å². The van der Waals surface area contributed by atoms with E-state index in [9.17, 15) is 5.11 Å². The Labute approximate surface area is 123 Å². The Bertz CT molecular complexity index is 813. The van der Waals surface area contributed by atoms with E-state index in [-0.39, 0.29) is 0 Å². The Morgan fingerprint density at radius 2 is 2.00 bits per heavy atom. The molecular weight excluding hydrogens is 260 g/mol. The van der Waals surface area contributed by atoms with Crippen LogP contribution in [0.5, 0.6) is 5.75 Å². The molecule has 1 heterocycles. The van der Waals surface area contributed by atoms with Crippen LogP contribution in [-0.2, 0) is 6.42 Å². The maximum atomic E-state index is 9.56. The summed E-state index contributed by atoms with van der Waals surface area (Å²) in [5.74, 6) is 0.349. The number of phenolic OH excluding ortho intramolecular Hbond substituents is 1. The molecule has 1 aliphatic carbocycles. The number of fused-ring (bicyclic) bond motifs is 2. The number of aryl methyl sites for hydroxylation is 1. The summed E-state index contributed by atoms with van der Waals surface area (Å²) in [7, 11) is 0. The second-order valence-corrected chi connectivity index (χ2v) is 5.54. The minimum Gasteiger partial charge on any atom is -0.508 e. The highest BCUT2D eigenvalue weighted by Gasteiger charge is 2.22. The number of aromatic nitrogens is 1. The molecule has 1 aliphatic rings. The van der Waals surface area contributed by atoms with Gasteiger partial charge in [-0.3, -0.25) is 4.98 Å². The van der Waals surface area contributed by atoms with Gasteiger partial charge in [-0.2, -0.15) is 0 Å². The number of hydrogen-bond donors (Lipinski definition) is 2. The summed E-state index contributed by atoms with van der Waals surface area (Å²) in [4.78, 5) is 4.49. The van der Waals surface area contributed by atoms with Gasteiger partial charge in [0.2, 0.25) is 0 Å². The van der Waals surface area contributed by atoms with E-state index in [0.29, 0.717) is 11.8 Å². The van der Waals surface area contributed by atoms with Crippen LogP contribution in [0.25, 0.3) is 10.9 Å². The molecule has 1 aromatic heterocycles. The molecule has 0 amide bonds. The Morgan fingerprint density at radius 1 is 1.10 bits per heavy atom. The van der Waals surface area contributed by atoms with Gasteiger partial charge in [-0.1, -0.05) is 24.3 Å². The first kappa shape index (κ1) is 12.2. The first-order valence-corrected chi connectivity index (χ1v) is 7.23. The minimum absolute atomic E-state index is 0.295. The molecule has 2 N–H and O–H groups in total.